The lowest BCUT2D eigenvalue weighted by Gasteiger charge is -2.14. The van der Waals surface area contributed by atoms with Crippen LogP contribution in [0.1, 0.15) is 18.9 Å². The number of amides is 1. The maximum atomic E-state index is 12.9. The number of hydrogen-bond acceptors (Lipinski definition) is 5. The highest BCUT2D eigenvalue weighted by atomic mass is 35.5. The van der Waals surface area contributed by atoms with Gasteiger partial charge in [0.05, 0.1) is 15.8 Å². The summed E-state index contributed by atoms with van der Waals surface area (Å²) in [5.41, 5.74) is -0.981. The summed E-state index contributed by atoms with van der Waals surface area (Å²) in [5.74, 6) is -0.457. The fraction of sp³-hybridized carbons (Fsp3) is 0.438. The van der Waals surface area contributed by atoms with Crippen molar-refractivity contribution in [2.75, 3.05) is 19.0 Å². The Morgan fingerprint density at radius 2 is 2.19 bits per heavy atom. The van der Waals surface area contributed by atoms with Crippen LogP contribution in [0, 0.1) is 0 Å². The quantitative estimate of drug-likeness (QED) is 0.512. The molecule has 6 nitrogen and oxygen atoms in total. The van der Waals surface area contributed by atoms with Crippen molar-refractivity contribution in [3.63, 3.8) is 0 Å². The summed E-state index contributed by atoms with van der Waals surface area (Å²) in [4.78, 5) is 12.3. The fourth-order valence-electron chi connectivity index (χ4n) is 2.14. The zero-order chi connectivity index (χ0) is 20.0. The minimum Gasteiger partial charge on any atom is -0.385 e. The van der Waals surface area contributed by atoms with Crippen molar-refractivity contribution in [3.05, 3.63) is 35.1 Å². The first-order valence-corrected chi connectivity index (χ1v) is 9.19. The Morgan fingerprint density at radius 3 is 2.85 bits per heavy atom. The molecule has 0 bridgehead atoms. The molecule has 0 aliphatic carbocycles. The monoisotopic (exact) mass is 422 g/mol. The molecule has 2 rings (SSSR count). The highest BCUT2D eigenvalue weighted by Gasteiger charge is 2.33. The third kappa shape index (κ3) is 6.12. The lowest BCUT2D eigenvalue weighted by Crippen LogP contribution is -2.23. The molecule has 1 amide bonds. The van der Waals surface area contributed by atoms with E-state index in [1.807, 2.05) is 0 Å². The van der Waals surface area contributed by atoms with Crippen LogP contribution in [0.3, 0.4) is 0 Å². The number of thioether (sulfide) groups is 1. The first kappa shape index (κ1) is 21.5. The van der Waals surface area contributed by atoms with Gasteiger partial charge < -0.3 is 14.6 Å². The predicted molar refractivity (Wildman–Crippen MR) is 96.9 cm³/mol. The molecule has 148 valence electrons. The number of carbonyl (C=O) groups is 1. The number of aryl methyl sites for hydroxylation is 1. The minimum atomic E-state index is -4.60. The molecule has 0 radical (unpaired) electrons. The second kappa shape index (κ2) is 9.43. The van der Waals surface area contributed by atoms with Gasteiger partial charge in [0, 0.05) is 25.9 Å². The molecule has 0 saturated heterocycles. The standard InChI is InChI=1S/C16H18ClF3N4O2S/c1-10(27-15-23-21-9-24(15)6-3-7-26-2)14(25)22-11-4-5-13(17)12(8-11)16(18,19)20/h4-5,8-10H,3,6-7H2,1-2H3,(H,22,25). The van der Waals surface area contributed by atoms with Gasteiger partial charge in [0.2, 0.25) is 5.91 Å². The molecule has 0 aliphatic heterocycles. The summed E-state index contributed by atoms with van der Waals surface area (Å²) in [6.07, 6.45) is -2.29. The maximum absolute atomic E-state index is 12.9. The summed E-state index contributed by atoms with van der Waals surface area (Å²) in [6, 6.07) is 3.23. The average Bonchev–Trinajstić information content (AvgIpc) is 3.03. The third-order valence-corrected chi connectivity index (χ3v) is 4.94. The van der Waals surface area contributed by atoms with E-state index in [-0.39, 0.29) is 5.69 Å². The van der Waals surface area contributed by atoms with Crippen LogP contribution < -0.4 is 5.32 Å². The molecule has 2 aromatic rings. The number of methoxy groups -OCH3 is 1. The van der Waals surface area contributed by atoms with Crippen LogP contribution in [0.15, 0.2) is 29.7 Å². The zero-order valence-corrected chi connectivity index (χ0v) is 16.2. The van der Waals surface area contributed by atoms with Crippen molar-refractivity contribution in [1.29, 1.82) is 0 Å². The van der Waals surface area contributed by atoms with E-state index in [4.69, 9.17) is 16.3 Å². The SMILES string of the molecule is COCCCn1cnnc1SC(C)C(=O)Nc1ccc(Cl)c(C(F)(F)F)c1. The summed E-state index contributed by atoms with van der Waals surface area (Å²) in [6.45, 7) is 2.84. The van der Waals surface area contributed by atoms with Gasteiger partial charge in [-0.2, -0.15) is 13.2 Å². The molecule has 1 N–H and O–H groups in total. The maximum Gasteiger partial charge on any atom is 0.417 e. The Hall–Kier alpha value is -1.78. The normalized spacial score (nSPS) is 12.8. The molecule has 1 unspecified atom stereocenters. The number of aromatic nitrogens is 3. The molecule has 0 spiro atoms. The average molecular weight is 423 g/mol. The molecule has 11 heteroatoms. The van der Waals surface area contributed by atoms with Gasteiger partial charge in [-0.1, -0.05) is 23.4 Å². The third-order valence-electron chi connectivity index (χ3n) is 3.52. The Morgan fingerprint density at radius 1 is 1.44 bits per heavy atom. The van der Waals surface area contributed by atoms with Gasteiger partial charge in [-0.05, 0) is 31.5 Å². The number of ether oxygens (including phenoxy) is 1. The van der Waals surface area contributed by atoms with Gasteiger partial charge in [0.1, 0.15) is 6.33 Å². The molecule has 1 heterocycles. The zero-order valence-electron chi connectivity index (χ0n) is 14.6. The number of rotatable bonds is 8. The smallest absolute Gasteiger partial charge is 0.385 e. The molecule has 1 atom stereocenters. The molecular formula is C16H18ClF3N4O2S. The van der Waals surface area contributed by atoms with Crippen LogP contribution in [0.2, 0.25) is 5.02 Å². The van der Waals surface area contributed by atoms with Crippen LogP contribution in [0.5, 0.6) is 0 Å². The predicted octanol–water partition coefficient (Wildman–Crippen LogP) is 4.11. The highest BCUT2D eigenvalue weighted by Crippen LogP contribution is 2.36. The molecular weight excluding hydrogens is 405 g/mol. The van der Waals surface area contributed by atoms with E-state index in [9.17, 15) is 18.0 Å². The second-order valence-electron chi connectivity index (χ2n) is 5.59. The van der Waals surface area contributed by atoms with Crippen molar-refractivity contribution in [1.82, 2.24) is 14.8 Å². The number of benzene rings is 1. The molecule has 1 aromatic heterocycles. The van der Waals surface area contributed by atoms with Crippen LogP contribution in [-0.4, -0.2) is 39.6 Å². The van der Waals surface area contributed by atoms with Crippen molar-refractivity contribution >= 4 is 35.0 Å². The first-order chi connectivity index (χ1) is 12.7. The highest BCUT2D eigenvalue weighted by molar-refractivity contribution is 8.00. The number of nitrogens with one attached hydrogen (secondary N) is 1. The summed E-state index contributed by atoms with van der Waals surface area (Å²) in [7, 11) is 1.61. The lowest BCUT2D eigenvalue weighted by molar-refractivity contribution is -0.137. The summed E-state index contributed by atoms with van der Waals surface area (Å²) >= 11 is 6.74. The van der Waals surface area contributed by atoms with E-state index in [2.05, 4.69) is 15.5 Å². The summed E-state index contributed by atoms with van der Waals surface area (Å²) in [5, 5.41) is 9.79. The van der Waals surface area contributed by atoms with Crippen molar-refractivity contribution < 1.29 is 22.7 Å². The van der Waals surface area contributed by atoms with Crippen LogP contribution in [0.25, 0.3) is 0 Å². The molecule has 0 aliphatic rings. The number of anilines is 1. The first-order valence-electron chi connectivity index (χ1n) is 7.93. The van der Waals surface area contributed by atoms with Crippen LogP contribution in [-0.2, 0) is 22.3 Å². The Balaban J connectivity index is 2.02. The Kier molecular flexibility index (Phi) is 7.51. The lowest BCUT2D eigenvalue weighted by atomic mass is 10.2. The summed E-state index contributed by atoms with van der Waals surface area (Å²) < 4.78 is 45.5. The van der Waals surface area contributed by atoms with E-state index >= 15 is 0 Å². The number of halogens is 4. The largest absolute Gasteiger partial charge is 0.417 e. The number of hydrogen-bond donors (Lipinski definition) is 1. The number of alkyl halides is 3. The van der Waals surface area contributed by atoms with E-state index in [0.717, 1.165) is 30.3 Å². The minimum absolute atomic E-state index is 0.0192. The molecule has 0 saturated carbocycles. The van der Waals surface area contributed by atoms with Gasteiger partial charge in [-0.25, -0.2) is 0 Å². The van der Waals surface area contributed by atoms with E-state index in [1.54, 1.807) is 24.9 Å². The van der Waals surface area contributed by atoms with Crippen molar-refractivity contribution in [3.8, 4) is 0 Å². The van der Waals surface area contributed by atoms with Crippen molar-refractivity contribution in [2.45, 2.75) is 36.5 Å². The van der Waals surface area contributed by atoms with Gasteiger partial charge in [0.25, 0.3) is 0 Å². The number of nitrogens with zero attached hydrogens (tertiary/aromatic N) is 3. The van der Waals surface area contributed by atoms with Gasteiger partial charge in [-0.15, -0.1) is 10.2 Å². The van der Waals surface area contributed by atoms with E-state index in [0.29, 0.717) is 18.3 Å². The van der Waals surface area contributed by atoms with Gasteiger partial charge >= 0.3 is 6.18 Å². The van der Waals surface area contributed by atoms with Gasteiger partial charge in [-0.3, -0.25) is 4.79 Å². The Bertz CT molecular complexity index is 785. The van der Waals surface area contributed by atoms with Gasteiger partial charge in [0.15, 0.2) is 5.16 Å². The second-order valence-corrected chi connectivity index (χ2v) is 7.31. The topological polar surface area (TPSA) is 69.0 Å². The molecule has 0 fully saturated rings. The van der Waals surface area contributed by atoms with Crippen LogP contribution in [0.4, 0.5) is 18.9 Å². The van der Waals surface area contributed by atoms with E-state index in [1.165, 1.54) is 6.07 Å². The van der Waals surface area contributed by atoms with Crippen LogP contribution >= 0.6 is 23.4 Å². The van der Waals surface area contributed by atoms with Crippen molar-refractivity contribution in [2.24, 2.45) is 0 Å². The fourth-order valence-corrected chi connectivity index (χ4v) is 3.22. The number of carbonyl (C=O) groups excluding carboxylic acids is 1. The Labute approximate surface area is 163 Å². The molecule has 27 heavy (non-hydrogen) atoms. The van der Waals surface area contributed by atoms with E-state index < -0.39 is 27.9 Å². The molecule has 1 aromatic carbocycles.